The van der Waals surface area contributed by atoms with E-state index in [0.717, 1.165) is 46.6 Å². The second kappa shape index (κ2) is 8.56. The van der Waals surface area contributed by atoms with Gasteiger partial charge in [-0.2, -0.15) is 0 Å². The van der Waals surface area contributed by atoms with E-state index in [1.165, 1.54) is 0 Å². The zero-order valence-electron chi connectivity index (χ0n) is 15.0. The number of carbonyl (C=O) groups excluding carboxylic acids is 1. The molecule has 1 fully saturated rings. The number of hydrogen-bond acceptors (Lipinski definition) is 4. The molecule has 2 aromatic carbocycles. The van der Waals surface area contributed by atoms with Gasteiger partial charge in [0.2, 0.25) is 5.91 Å². The van der Waals surface area contributed by atoms with E-state index in [2.05, 4.69) is 26.1 Å². The maximum absolute atomic E-state index is 12.5. The number of benzene rings is 2. The van der Waals surface area contributed by atoms with E-state index in [4.69, 9.17) is 9.47 Å². The molecule has 1 saturated heterocycles. The van der Waals surface area contributed by atoms with Gasteiger partial charge in [0, 0.05) is 21.8 Å². The molecule has 1 N–H and O–H groups in total. The normalized spacial score (nSPS) is 17.1. The summed E-state index contributed by atoms with van der Waals surface area (Å²) in [5, 5.41) is 2.96. The standard InChI is InChI=1S/C20H23BrN2O3/c1-25-16-9-10-19(26-2)17(12-16)18-4-3-11-23(18)13-20(24)22-15-7-5-14(21)6-8-15/h5-10,12,18H,3-4,11,13H2,1-2H3,(H,22,24)/t18-/m1/s1. The molecule has 1 amide bonds. The third kappa shape index (κ3) is 4.37. The third-order valence-corrected chi connectivity index (χ3v) is 5.16. The van der Waals surface area contributed by atoms with Gasteiger partial charge in [-0.25, -0.2) is 0 Å². The van der Waals surface area contributed by atoms with Gasteiger partial charge in [0.25, 0.3) is 0 Å². The van der Waals surface area contributed by atoms with Crippen LogP contribution in [0, 0.1) is 0 Å². The Kier molecular flexibility index (Phi) is 6.16. The van der Waals surface area contributed by atoms with Crippen molar-refractivity contribution >= 4 is 27.5 Å². The Morgan fingerprint density at radius 2 is 1.96 bits per heavy atom. The van der Waals surface area contributed by atoms with Crippen molar-refractivity contribution in [1.29, 1.82) is 0 Å². The largest absolute Gasteiger partial charge is 0.497 e. The molecule has 5 nitrogen and oxygen atoms in total. The number of ether oxygens (including phenoxy) is 2. The number of amides is 1. The average Bonchev–Trinajstić information content (AvgIpc) is 3.10. The van der Waals surface area contributed by atoms with E-state index in [0.29, 0.717) is 6.54 Å². The van der Waals surface area contributed by atoms with Crippen molar-refractivity contribution in [1.82, 2.24) is 4.90 Å². The Bertz CT molecular complexity index is 764. The van der Waals surface area contributed by atoms with Crippen molar-refractivity contribution in [3.05, 3.63) is 52.5 Å². The molecule has 1 atom stereocenters. The second-order valence-electron chi connectivity index (χ2n) is 6.29. The van der Waals surface area contributed by atoms with E-state index in [1.807, 2.05) is 42.5 Å². The molecule has 0 saturated carbocycles. The van der Waals surface area contributed by atoms with Gasteiger partial charge >= 0.3 is 0 Å². The summed E-state index contributed by atoms with van der Waals surface area (Å²) in [7, 11) is 3.33. The first kappa shape index (κ1) is 18.7. The molecule has 0 radical (unpaired) electrons. The first-order chi connectivity index (χ1) is 12.6. The maximum atomic E-state index is 12.5. The van der Waals surface area contributed by atoms with Gasteiger partial charge < -0.3 is 14.8 Å². The van der Waals surface area contributed by atoms with Crippen LogP contribution in [0.4, 0.5) is 5.69 Å². The average molecular weight is 419 g/mol. The quantitative estimate of drug-likeness (QED) is 0.761. The summed E-state index contributed by atoms with van der Waals surface area (Å²) in [6.45, 7) is 1.24. The lowest BCUT2D eigenvalue weighted by Crippen LogP contribution is -2.33. The summed E-state index contributed by atoms with van der Waals surface area (Å²) in [4.78, 5) is 14.7. The Morgan fingerprint density at radius 3 is 2.65 bits per heavy atom. The fourth-order valence-corrected chi connectivity index (χ4v) is 3.65. The van der Waals surface area contributed by atoms with Gasteiger partial charge in [0.1, 0.15) is 11.5 Å². The molecule has 0 unspecified atom stereocenters. The van der Waals surface area contributed by atoms with Crippen molar-refractivity contribution in [2.24, 2.45) is 0 Å². The molecule has 0 bridgehead atoms. The lowest BCUT2D eigenvalue weighted by Gasteiger charge is -2.26. The summed E-state index contributed by atoms with van der Waals surface area (Å²) in [6.07, 6.45) is 2.05. The first-order valence-electron chi connectivity index (χ1n) is 8.62. The van der Waals surface area contributed by atoms with E-state index < -0.39 is 0 Å². The number of carbonyl (C=O) groups is 1. The summed E-state index contributed by atoms with van der Waals surface area (Å²) in [5.74, 6) is 1.61. The molecule has 2 aromatic rings. The zero-order valence-corrected chi connectivity index (χ0v) is 16.6. The SMILES string of the molecule is COc1ccc(OC)c([C@H]2CCCN2CC(=O)Nc2ccc(Br)cc2)c1. The lowest BCUT2D eigenvalue weighted by molar-refractivity contribution is -0.117. The predicted octanol–water partition coefficient (Wildman–Crippen LogP) is 4.24. The second-order valence-corrected chi connectivity index (χ2v) is 7.21. The molecule has 1 aliphatic rings. The van der Waals surface area contributed by atoms with Crippen LogP contribution < -0.4 is 14.8 Å². The molecule has 0 aliphatic carbocycles. The third-order valence-electron chi connectivity index (χ3n) is 4.63. The summed E-state index contributed by atoms with van der Waals surface area (Å²) < 4.78 is 11.9. The number of anilines is 1. The van der Waals surface area contributed by atoms with Crippen LogP contribution in [0.2, 0.25) is 0 Å². The molecule has 0 aromatic heterocycles. The molecular formula is C20H23BrN2O3. The van der Waals surface area contributed by atoms with Crippen LogP contribution >= 0.6 is 15.9 Å². The van der Waals surface area contributed by atoms with E-state index >= 15 is 0 Å². The van der Waals surface area contributed by atoms with Crippen molar-refractivity contribution < 1.29 is 14.3 Å². The van der Waals surface area contributed by atoms with Crippen molar-refractivity contribution in [2.75, 3.05) is 32.6 Å². The predicted molar refractivity (Wildman–Crippen MR) is 106 cm³/mol. The number of methoxy groups -OCH3 is 2. The minimum Gasteiger partial charge on any atom is -0.497 e. The fourth-order valence-electron chi connectivity index (χ4n) is 3.39. The van der Waals surface area contributed by atoms with Crippen molar-refractivity contribution in [3.63, 3.8) is 0 Å². The highest BCUT2D eigenvalue weighted by molar-refractivity contribution is 9.10. The Hall–Kier alpha value is -2.05. The van der Waals surface area contributed by atoms with Crippen LogP contribution in [-0.2, 0) is 4.79 Å². The van der Waals surface area contributed by atoms with Gasteiger partial charge in [-0.15, -0.1) is 0 Å². The number of nitrogens with zero attached hydrogens (tertiary/aromatic N) is 1. The van der Waals surface area contributed by atoms with Crippen molar-refractivity contribution in [2.45, 2.75) is 18.9 Å². The monoisotopic (exact) mass is 418 g/mol. The van der Waals surface area contributed by atoms with Crippen LogP contribution in [0.1, 0.15) is 24.4 Å². The van der Waals surface area contributed by atoms with Gasteiger partial charge in [0.15, 0.2) is 0 Å². The molecule has 138 valence electrons. The highest BCUT2D eigenvalue weighted by Crippen LogP contribution is 2.38. The highest BCUT2D eigenvalue weighted by atomic mass is 79.9. The molecule has 3 rings (SSSR count). The Morgan fingerprint density at radius 1 is 1.19 bits per heavy atom. The van der Waals surface area contributed by atoms with Gasteiger partial charge in [-0.1, -0.05) is 15.9 Å². The molecular weight excluding hydrogens is 396 g/mol. The molecule has 26 heavy (non-hydrogen) atoms. The summed E-state index contributed by atoms with van der Waals surface area (Å²) in [6, 6.07) is 13.6. The molecule has 0 spiro atoms. The van der Waals surface area contributed by atoms with E-state index in [9.17, 15) is 4.79 Å². The van der Waals surface area contributed by atoms with Crippen LogP contribution in [0.15, 0.2) is 46.9 Å². The van der Waals surface area contributed by atoms with E-state index in [-0.39, 0.29) is 11.9 Å². The fraction of sp³-hybridized carbons (Fsp3) is 0.350. The Balaban J connectivity index is 1.72. The maximum Gasteiger partial charge on any atom is 0.238 e. The molecule has 1 aliphatic heterocycles. The molecule has 1 heterocycles. The number of hydrogen-bond donors (Lipinski definition) is 1. The van der Waals surface area contributed by atoms with Gasteiger partial charge in [-0.3, -0.25) is 9.69 Å². The van der Waals surface area contributed by atoms with Crippen LogP contribution in [0.5, 0.6) is 11.5 Å². The number of nitrogens with one attached hydrogen (secondary N) is 1. The highest BCUT2D eigenvalue weighted by Gasteiger charge is 2.30. The first-order valence-corrected chi connectivity index (χ1v) is 9.41. The van der Waals surface area contributed by atoms with E-state index in [1.54, 1.807) is 14.2 Å². The number of halogens is 1. The smallest absolute Gasteiger partial charge is 0.238 e. The summed E-state index contributed by atoms with van der Waals surface area (Å²) >= 11 is 3.40. The van der Waals surface area contributed by atoms with Crippen LogP contribution in [0.3, 0.4) is 0 Å². The zero-order chi connectivity index (χ0) is 18.5. The minimum absolute atomic E-state index is 0.0129. The Labute approximate surface area is 162 Å². The van der Waals surface area contributed by atoms with Gasteiger partial charge in [0.05, 0.1) is 20.8 Å². The minimum atomic E-state index is -0.0129. The number of rotatable bonds is 6. The molecule has 6 heteroatoms. The van der Waals surface area contributed by atoms with Gasteiger partial charge in [-0.05, 0) is 61.9 Å². The topological polar surface area (TPSA) is 50.8 Å². The van der Waals surface area contributed by atoms with Crippen molar-refractivity contribution in [3.8, 4) is 11.5 Å². The lowest BCUT2D eigenvalue weighted by atomic mass is 10.0. The summed E-state index contributed by atoms with van der Waals surface area (Å²) in [5.41, 5.74) is 1.87. The van der Waals surface area contributed by atoms with Crippen LogP contribution in [0.25, 0.3) is 0 Å². The van der Waals surface area contributed by atoms with Crippen LogP contribution in [-0.4, -0.2) is 38.1 Å². The number of likely N-dealkylation sites (tertiary alicyclic amines) is 1.